The summed E-state index contributed by atoms with van der Waals surface area (Å²) in [4.78, 5) is 0. The molecule has 5 nitrogen and oxygen atoms in total. The van der Waals surface area contributed by atoms with Gasteiger partial charge in [-0.05, 0) is 45.3 Å². The number of hydrogen-bond donors (Lipinski definition) is 2. The van der Waals surface area contributed by atoms with E-state index < -0.39 is 11.1 Å². The highest BCUT2D eigenvalue weighted by Gasteiger charge is 2.51. The SMILES string of the molecule is CC1(C)OB(c2ccc(NCCS(=O)O)cc2)OC1(C)C. The van der Waals surface area contributed by atoms with Crippen LogP contribution in [0.4, 0.5) is 5.69 Å². The van der Waals surface area contributed by atoms with Gasteiger partial charge in [-0.15, -0.1) is 0 Å². The van der Waals surface area contributed by atoms with Gasteiger partial charge in [-0.25, -0.2) is 4.21 Å². The van der Waals surface area contributed by atoms with Crippen LogP contribution >= 0.6 is 0 Å². The maximum absolute atomic E-state index is 10.6. The van der Waals surface area contributed by atoms with Crippen LogP contribution in [0.25, 0.3) is 0 Å². The predicted molar refractivity (Wildman–Crippen MR) is 86.3 cm³/mol. The lowest BCUT2D eigenvalue weighted by molar-refractivity contribution is 0.00578. The summed E-state index contributed by atoms with van der Waals surface area (Å²) in [6.45, 7) is 8.56. The molecule has 1 aliphatic heterocycles. The van der Waals surface area contributed by atoms with Crippen LogP contribution < -0.4 is 10.8 Å². The first-order valence-electron chi connectivity index (χ1n) is 6.98. The fourth-order valence-electron chi connectivity index (χ4n) is 2.02. The van der Waals surface area contributed by atoms with Crippen LogP contribution in [-0.4, -0.2) is 39.4 Å². The van der Waals surface area contributed by atoms with E-state index in [0.717, 1.165) is 11.2 Å². The Labute approximate surface area is 128 Å². The molecule has 0 saturated carbocycles. The van der Waals surface area contributed by atoms with Crippen molar-refractivity contribution >= 4 is 29.3 Å². The lowest BCUT2D eigenvalue weighted by Gasteiger charge is -2.32. The minimum Gasteiger partial charge on any atom is -0.399 e. The normalized spacial score (nSPS) is 21.3. The second-order valence-corrected chi connectivity index (χ2v) is 7.21. The van der Waals surface area contributed by atoms with Gasteiger partial charge in [0.25, 0.3) is 0 Å². The summed E-state index contributed by atoms with van der Waals surface area (Å²) in [6, 6.07) is 7.72. The van der Waals surface area contributed by atoms with E-state index in [-0.39, 0.29) is 24.1 Å². The van der Waals surface area contributed by atoms with Crippen molar-refractivity contribution < 1.29 is 18.1 Å². The highest BCUT2D eigenvalue weighted by Crippen LogP contribution is 2.36. The molecule has 1 aromatic carbocycles. The second-order valence-electron chi connectivity index (χ2n) is 6.16. The van der Waals surface area contributed by atoms with Crippen molar-refractivity contribution in [3.63, 3.8) is 0 Å². The van der Waals surface area contributed by atoms with Gasteiger partial charge in [-0.3, -0.25) is 0 Å². The van der Waals surface area contributed by atoms with Crippen LogP contribution in [0.15, 0.2) is 24.3 Å². The van der Waals surface area contributed by atoms with Gasteiger partial charge < -0.3 is 19.2 Å². The van der Waals surface area contributed by atoms with E-state index in [9.17, 15) is 4.21 Å². The van der Waals surface area contributed by atoms with Crippen LogP contribution in [0, 0.1) is 0 Å². The fourth-order valence-corrected chi connectivity index (χ4v) is 2.30. The largest absolute Gasteiger partial charge is 0.494 e. The molecule has 1 fully saturated rings. The Morgan fingerprint density at radius 3 is 2.14 bits per heavy atom. The van der Waals surface area contributed by atoms with Crippen LogP contribution in [0.2, 0.25) is 0 Å². The van der Waals surface area contributed by atoms with Gasteiger partial charge in [0.2, 0.25) is 0 Å². The lowest BCUT2D eigenvalue weighted by atomic mass is 9.79. The fraction of sp³-hybridized carbons (Fsp3) is 0.571. The summed E-state index contributed by atoms with van der Waals surface area (Å²) in [6.07, 6.45) is 0. The van der Waals surface area contributed by atoms with Crippen molar-refractivity contribution in [1.82, 2.24) is 0 Å². The Morgan fingerprint density at radius 2 is 1.67 bits per heavy atom. The van der Waals surface area contributed by atoms with E-state index in [2.05, 4.69) is 5.32 Å². The Bertz CT molecular complexity index is 502. The summed E-state index contributed by atoms with van der Waals surface area (Å²) >= 11 is -1.77. The number of benzene rings is 1. The molecular weight excluding hydrogens is 289 g/mol. The molecule has 0 bridgehead atoms. The van der Waals surface area contributed by atoms with Crippen molar-refractivity contribution in [1.29, 1.82) is 0 Å². The topological polar surface area (TPSA) is 67.8 Å². The summed E-state index contributed by atoms with van der Waals surface area (Å²) in [5.74, 6) is 0.207. The molecule has 1 heterocycles. The van der Waals surface area contributed by atoms with Crippen LogP contribution in [0.5, 0.6) is 0 Å². The quantitative estimate of drug-likeness (QED) is 0.639. The summed E-state index contributed by atoms with van der Waals surface area (Å²) < 4.78 is 31.3. The molecule has 0 aromatic heterocycles. The zero-order valence-corrected chi connectivity index (χ0v) is 13.7. The highest BCUT2D eigenvalue weighted by atomic mass is 32.2. The Balaban J connectivity index is 1.99. The third-order valence-corrected chi connectivity index (χ3v) is 4.60. The van der Waals surface area contributed by atoms with Crippen molar-refractivity contribution in [3.05, 3.63) is 24.3 Å². The molecule has 1 aliphatic rings. The van der Waals surface area contributed by atoms with E-state index in [0.29, 0.717) is 6.54 Å². The average molecular weight is 311 g/mol. The van der Waals surface area contributed by atoms with Gasteiger partial charge >= 0.3 is 7.12 Å². The molecule has 1 aromatic rings. The molecule has 0 aliphatic carbocycles. The van der Waals surface area contributed by atoms with Gasteiger partial charge in [0.1, 0.15) is 0 Å². The summed E-state index contributed by atoms with van der Waals surface area (Å²) in [5, 5.41) is 3.09. The molecule has 2 rings (SSSR count). The van der Waals surface area contributed by atoms with Crippen molar-refractivity contribution in [3.8, 4) is 0 Å². The van der Waals surface area contributed by atoms with E-state index in [1.807, 2.05) is 52.0 Å². The van der Waals surface area contributed by atoms with Crippen molar-refractivity contribution in [2.45, 2.75) is 38.9 Å². The average Bonchev–Trinajstić information content (AvgIpc) is 2.59. The van der Waals surface area contributed by atoms with Crippen LogP contribution in [-0.2, 0) is 20.4 Å². The molecule has 0 spiro atoms. The number of nitrogens with one attached hydrogen (secondary N) is 1. The second kappa shape index (κ2) is 6.08. The molecular formula is C14H22BNO4S. The van der Waals surface area contributed by atoms with Gasteiger partial charge in [0, 0.05) is 12.2 Å². The maximum Gasteiger partial charge on any atom is 0.494 e. The lowest BCUT2D eigenvalue weighted by Crippen LogP contribution is -2.41. The minimum absolute atomic E-state index is 0.207. The molecule has 21 heavy (non-hydrogen) atoms. The molecule has 116 valence electrons. The number of anilines is 1. The Hall–Kier alpha value is -0.885. The summed E-state index contributed by atoms with van der Waals surface area (Å²) in [7, 11) is -0.367. The first kappa shape index (κ1) is 16.5. The van der Waals surface area contributed by atoms with Gasteiger partial charge in [-0.2, -0.15) is 0 Å². The minimum atomic E-state index is -1.77. The van der Waals surface area contributed by atoms with E-state index in [1.54, 1.807) is 0 Å². The van der Waals surface area contributed by atoms with Gasteiger partial charge in [0.15, 0.2) is 11.1 Å². The van der Waals surface area contributed by atoms with E-state index in [4.69, 9.17) is 13.9 Å². The third-order valence-electron chi connectivity index (χ3n) is 4.04. The maximum atomic E-state index is 10.6. The van der Waals surface area contributed by atoms with E-state index >= 15 is 0 Å². The van der Waals surface area contributed by atoms with Gasteiger partial charge in [-0.1, -0.05) is 12.1 Å². The van der Waals surface area contributed by atoms with Crippen LogP contribution in [0.3, 0.4) is 0 Å². The molecule has 0 radical (unpaired) electrons. The Kier molecular flexibility index (Phi) is 4.77. The highest BCUT2D eigenvalue weighted by molar-refractivity contribution is 7.79. The van der Waals surface area contributed by atoms with Gasteiger partial charge in [0.05, 0.1) is 17.0 Å². The first-order valence-corrected chi connectivity index (χ1v) is 8.26. The zero-order valence-electron chi connectivity index (χ0n) is 12.9. The monoisotopic (exact) mass is 311 g/mol. The third kappa shape index (κ3) is 3.85. The molecule has 7 heteroatoms. The molecule has 1 unspecified atom stereocenters. The predicted octanol–water partition coefficient (Wildman–Crippen LogP) is 1.62. The Morgan fingerprint density at radius 1 is 1.14 bits per heavy atom. The standard InChI is InChI=1S/C14H22BNO4S/c1-13(2)14(3,4)20-15(19-13)11-5-7-12(8-6-11)16-9-10-21(17)18/h5-8,16H,9-10H2,1-4H3,(H,17,18). The molecule has 1 atom stereocenters. The number of hydrogen-bond acceptors (Lipinski definition) is 4. The van der Waals surface area contributed by atoms with E-state index in [1.165, 1.54) is 0 Å². The smallest absolute Gasteiger partial charge is 0.399 e. The zero-order chi connectivity index (χ0) is 15.7. The molecule has 0 amide bonds. The molecule has 1 saturated heterocycles. The van der Waals surface area contributed by atoms with Crippen LogP contribution in [0.1, 0.15) is 27.7 Å². The first-order chi connectivity index (χ1) is 9.71. The summed E-state index contributed by atoms with van der Waals surface area (Å²) in [5.41, 5.74) is 1.17. The van der Waals surface area contributed by atoms with Crippen molar-refractivity contribution in [2.24, 2.45) is 0 Å². The number of rotatable bonds is 5. The molecule has 2 N–H and O–H groups in total. The van der Waals surface area contributed by atoms with Crippen molar-refractivity contribution in [2.75, 3.05) is 17.6 Å².